The Morgan fingerprint density at radius 3 is 2.50 bits per heavy atom. The lowest BCUT2D eigenvalue weighted by Gasteiger charge is -1.99. The molecule has 8 heavy (non-hydrogen) atoms. The van der Waals surface area contributed by atoms with E-state index >= 15 is 0 Å². The molecule has 46 valence electrons. The number of rotatable bonds is 2. The highest BCUT2D eigenvalue weighted by Crippen LogP contribution is 1.89. The maximum absolute atomic E-state index is 8.69. The Balaban J connectivity index is 3.78. The van der Waals surface area contributed by atoms with Crippen molar-refractivity contribution in [3.63, 3.8) is 0 Å². The molecule has 0 aliphatic rings. The molecular weight excluding hydrogens is 122 g/mol. The molecule has 0 aliphatic carbocycles. The number of allylic oxidation sites excluding steroid dienone is 1. The van der Waals surface area contributed by atoms with E-state index in [1.165, 1.54) is 11.4 Å². The Morgan fingerprint density at radius 1 is 1.88 bits per heavy atom. The van der Waals surface area contributed by atoms with Gasteiger partial charge in [-0.15, -0.1) is 0 Å². The summed E-state index contributed by atoms with van der Waals surface area (Å²) in [6.45, 7) is 1.59. The van der Waals surface area contributed by atoms with Crippen molar-refractivity contribution in [3.05, 3.63) is 11.8 Å². The molecule has 1 atom stereocenters. The summed E-state index contributed by atoms with van der Waals surface area (Å²) in [4.78, 5) is 0. The Kier molecular flexibility index (Phi) is 3.39. The van der Waals surface area contributed by atoms with Gasteiger partial charge in [-0.05, 0) is 13.0 Å². The summed E-state index contributed by atoms with van der Waals surface area (Å²) in [5.74, 6) is 0. The zero-order valence-corrected chi connectivity index (χ0v) is 5.48. The van der Waals surface area contributed by atoms with Crippen molar-refractivity contribution in [2.24, 2.45) is 5.73 Å². The lowest BCUT2D eigenvalue weighted by atomic mass is 10.3. The van der Waals surface area contributed by atoms with Crippen LogP contribution in [0.3, 0.4) is 0 Å². The van der Waals surface area contributed by atoms with Gasteiger partial charge in [-0.2, -0.15) is 0 Å². The number of hydrogen-bond donors (Lipinski definition) is 2. The Morgan fingerprint density at radius 2 is 2.38 bits per heavy atom. The molecule has 0 bridgehead atoms. The second kappa shape index (κ2) is 3.57. The molecule has 0 aromatic carbocycles. The molecule has 0 aromatic heterocycles. The summed E-state index contributed by atoms with van der Waals surface area (Å²) < 4.78 is 0. The molecule has 0 saturated carbocycles. The number of thiocarbonyl (C=S) groups is 1. The van der Waals surface area contributed by atoms with E-state index in [4.69, 9.17) is 10.8 Å². The Labute approximate surface area is 54.0 Å². The summed E-state index contributed by atoms with van der Waals surface area (Å²) in [5.41, 5.74) is 5.64. The minimum atomic E-state index is -0.589. The molecule has 0 amide bonds. The van der Waals surface area contributed by atoms with Gasteiger partial charge in [0.2, 0.25) is 0 Å². The first-order valence-electron chi connectivity index (χ1n) is 2.27. The normalized spacial score (nSPS) is 15.5. The van der Waals surface area contributed by atoms with Crippen molar-refractivity contribution >= 4 is 17.6 Å². The Bertz CT molecular complexity index is 109. The van der Waals surface area contributed by atoms with E-state index in [1.54, 1.807) is 6.92 Å². The van der Waals surface area contributed by atoms with Gasteiger partial charge in [0.1, 0.15) is 0 Å². The summed E-state index contributed by atoms with van der Waals surface area (Å²) in [6, 6.07) is 0. The third-order valence-corrected chi connectivity index (χ3v) is 0.879. The summed E-state index contributed by atoms with van der Waals surface area (Å²) in [6.07, 6.45) is 0.911. The van der Waals surface area contributed by atoms with Gasteiger partial charge in [0, 0.05) is 11.1 Å². The summed E-state index contributed by atoms with van der Waals surface area (Å²) in [5, 5.41) is 10.1. The van der Waals surface area contributed by atoms with Crippen molar-refractivity contribution in [3.8, 4) is 0 Å². The van der Waals surface area contributed by atoms with Crippen molar-refractivity contribution < 1.29 is 5.11 Å². The molecule has 3 N–H and O–H groups in total. The van der Waals surface area contributed by atoms with Gasteiger partial charge >= 0.3 is 0 Å². The van der Waals surface area contributed by atoms with Gasteiger partial charge in [0.15, 0.2) is 0 Å². The largest absolute Gasteiger partial charge is 0.400 e. The Hall–Kier alpha value is -0.410. The number of hydrogen-bond acceptors (Lipinski definition) is 3. The lowest BCUT2D eigenvalue weighted by molar-refractivity contribution is 0.230. The van der Waals surface area contributed by atoms with Gasteiger partial charge < -0.3 is 10.8 Å². The molecule has 0 aliphatic heterocycles. The highest BCUT2D eigenvalue weighted by Gasteiger charge is 1.94. The fraction of sp³-hybridized carbons (Fsp3) is 0.400. The van der Waals surface area contributed by atoms with E-state index < -0.39 is 6.10 Å². The average molecular weight is 131 g/mol. The highest BCUT2D eigenvalue weighted by molar-refractivity contribution is 7.79. The molecule has 0 saturated heterocycles. The van der Waals surface area contributed by atoms with Crippen LogP contribution < -0.4 is 5.73 Å². The SMILES string of the molecule is CC(O)C(N)=CC=S. The van der Waals surface area contributed by atoms with E-state index in [0.717, 1.165) is 0 Å². The highest BCUT2D eigenvalue weighted by atomic mass is 32.1. The zero-order chi connectivity index (χ0) is 6.57. The maximum atomic E-state index is 8.69. The standard InChI is InChI=1S/C5H9NOS/c1-4(7)5(6)2-3-8/h2-4,7H,6H2,1H3. The van der Waals surface area contributed by atoms with Crippen molar-refractivity contribution in [2.45, 2.75) is 13.0 Å². The van der Waals surface area contributed by atoms with Crippen LogP contribution in [0.5, 0.6) is 0 Å². The molecule has 0 fully saturated rings. The minimum absolute atomic E-state index is 0.403. The zero-order valence-electron chi connectivity index (χ0n) is 4.66. The van der Waals surface area contributed by atoms with E-state index in [1.807, 2.05) is 0 Å². The molecule has 0 spiro atoms. The number of aliphatic hydroxyl groups is 1. The predicted octanol–water partition coefficient (Wildman–Crippen LogP) is 0.210. The molecule has 2 nitrogen and oxygen atoms in total. The van der Waals surface area contributed by atoms with E-state index in [-0.39, 0.29) is 0 Å². The summed E-state index contributed by atoms with van der Waals surface area (Å²) >= 11 is 4.46. The number of aliphatic hydroxyl groups excluding tert-OH is 1. The smallest absolute Gasteiger partial charge is 0.0904 e. The van der Waals surface area contributed by atoms with Crippen molar-refractivity contribution in [2.75, 3.05) is 0 Å². The van der Waals surface area contributed by atoms with Crippen LogP contribution >= 0.6 is 12.2 Å². The molecule has 0 heterocycles. The van der Waals surface area contributed by atoms with Gasteiger partial charge in [0.05, 0.1) is 6.10 Å². The third-order valence-electron chi connectivity index (χ3n) is 0.743. The minimum Gasteiger partial charge on any atom is -0.400 e. The van der Waals surface area contributed by atoms with Crippen molar-refractivity contribution in [1.29, 1.82) is 0 Å². The van der Waals surface area contributed by atoms with Crippen LogP contribution in [0, 0.1) is 0 Å². The van der Waals surface area contributed by atoms with Crippen molar-refractivity contribution in [1.82, 2.24) is 0 Å². The monoisotopic (exact) mass is 131 g/mol. The first kappa shape index (κ1) is 7.59. The first-order chi connectivity index (χ1) is 3.68. The maximum Gasteiger partial charge on any atom is 0.0904 e. The lowest BCUT2D eigenvalue weighted by Crippen LogP contribution is -2.12. The number of nitrogens with two attached hydrogens (primary N) is 1. The second-order valence-corrected chi connectivity index (χ2v) is 1.75. The third kappa shape index (κ3) is 2.71. The van der Waals surface area contributed by atoms with Crippen LogP contribution in [-0.2, 0) is 0 Å². The van der Waals surface area contributed by atoms with Crippen LogP contribution in [0.4, 0.5) is 0 Å². The summed E-state index contributed by atoms with van der Waals surface area (Å²) in [7, 11) is 0. The second-order valence-electron chi connectivity index (χ2n) is 1.48. The quantitative estimate of drug-likeness (QED) is 0.416. The molecule has 0 rings (SSSR count). The van der Waals surface area contributed by atoms with Crippen LogP contribution in [0.25, 0.3) is 0 Å². The van der Waals surface area contributed by atoms with Gasteiger partial charge in [-0.1, -0.05) is 12.2 Å². The predicted molar refractivity (Wildman–Crippen MR) is 37.6 cm³/mol. The molecule has 0 radical (unpaired) electrons. The van der Waals surface area contributed by atoms with Crippen LogP contribution in [0.1, 0.15) is 6.92 Å². The average Bonchev–Trinajstić information content (AvgIpc) is 1.67. The van der Waals surface area contributed by atoms with Gasteiger partial charge in [-0.25, -0.2) is 0 Å². The van der Waals surface area contributed by atoms with Gasteiger partial charge in [-0.3, -0.25) is 0 Å². The fourth-order valence-corrected chi connectivity index (χ4v) is 0.375. The van der Waals surface area contributed by atoms with Crippen LogP contribution in [0.15, 0.2) is 11.8 Å². The molecule has 3 heteroatoms. The first-order valence-corrected chi connectivity index (χ1v) is 2.74. The van der Waals surface area contributed by atoms with Crippen LogP contribution in [0.2, 0.25) is 0 Å². The molecule has 1 unspecified atom stereocenters. The van der Waals surface area contributed by atoms with E-state index in [2.05, 4.69) is 12.2 Å². The van der Waals surface area contributed by atoms with Crippen LogP contribution in [-0.4, -0.2) is 16.6 Å². The molecule has 0 aromatic rings. The fourth-order valence-electron chi connectivity index (χ4n) is 0.218. The van der Waals surface area contributed by atoms with E-state index in [0.29, 0.717) is 5.70 Å². The molecular formula is C5H9NOS. The topological polar surface area (TPSA) is 46.2 Å². The van der Waals surface area contributed by atoms with E-state index in [9.17, 15) is 0 Å². The van der Waals surface area contributed by atoms with Gasteiger partial charge in [0.25, 0.3) is 0 Å².